The van der Waals surface area contributed by atoms with Crippen LogP contribution in [0, 0.1) is 11.6 Å². The molecule has 0 atom stereocenters. The quantitative estimate of drug-likeness (QED) is 0.330. The number of carbonyl (C=O) groups is 1. The lowest BCUT2D eigenvalue weighted by Gasteiger charge is -2.25. The fraction of sp³-hybridized carbons (Fsp3) is 0.250. The molecule has 0 saturated heterocycles. The van der Waals surface area contributed by atoms with Crippen LogP contribution < -0.4 is 15.1 Å². The second-order valence-electron chi connectivity index (χ2n) is 10.2. The number of carbonyl (C=O) groups excluding carboxylic acids is 1. The van der Waals surface area contributed by atoms with Gasteiger partial charge in [-0.3, -0.25) is 9.10 Å². The monoisotopic (exact) mass is 566 g/mol. The van der Waals surface area contributed by atoms with Crippen molar-refractivity contribution < 1.29 is 36.1 Å². The van der Waals surface area contributed by atoms with Crippen LogP contribution in [0.4, 0.5) is 14.5 Å². The summed E-state index contributed by atoms with van der Waals surface area (Å²) in [6.07, 6.45) is 2.76. The van der Waals surface area contributed by atoms with Crippen molar-refractivity contribution in [2.75, 3.05) is 17.6 Å². The van der Waals surface area contributed by atoms with Gasteiger partial charge in [0.2, 0.25) is 10.0 Å². The minimum absolute atomic E-state index is 0.0141. The fourth-order valence-electron chi connectivity index (χ4n) is 5.26. The molecule has 2 heterocycles. The Morgan fingerprint density at radius 1 is 1.15 bits per heavy atom. The Morgan fingerprint density at radius 2 is 1.88 bits per heavy atom. The largest absolute Gasteiger partial charge is 0.494 e. The summed E-state index contributed by atoms with van der Waals surface area (Å²) in [5.74, 6) is -1.20. The molecular weight excluding hydrogens is 541 g/mol. The Balaban J connectivity index is 1.52. The molecule has 206 valence electrons. The maximum atomic E-state index is 14.8. The van der Waals surface area contributed by atoms with Gasteiger partial charge in [-0.25, -0.2) is 17.2 Å². The number of furan rings is 1. The normalized spacial score (nSPS) is 15.0. The van der Waals surface area contributed by atoms with E-state index in [4.69, 9.17) is 9.07 Å². The van der Waals surface area contributed by atoms with Crippen molar-refractivity contribution in [3.8, 4) is 11.3 Å². The van der Waals surface area contributed by atoms with Gasteiger partial charge >= 0.3 is 7.12 Å². The van der Waals surface area contributed by atoms with E-state index in [1.165, 1.54) is 41.7 Å². The maximum absolute atomic E-state index is 14.8. The van der Waals surface area contributed by atoms with Gasteiger partial charge < -0.3 is 19.4 Å². The van der Waals surface area contributed by atoms with E-state index in [9.17, 15) is 27.0 Å². The van der Waals surface area contributed by atoms with Gasteiger partial charge in [-0.15, -0.1) is 0 Å². The number of benzene rings is 3. The summed E-state index contributed by atoms with van der Waals surface area (Å²) in [4.78, 5) is 13.0. The van der Waals surface area contributed by atoms with E-state index in [-0.39, 0.29) is 41.4 Å². The van der Waals surface area contributed by atoms with E-state index < -0.39 is 34.7 Å². The minimum atomic E-state index is -3.86. The van der Waals surface area contributed by atoms with Crippen LogP contribution in [-0.2, 0) is 27.8 Å². The molecule has 0 spiro atoms. The minimum Gasteiger partial charge on any atom is -0.455 e. The van der Waals surface area contributed by atoms with Gasteiger partial charge in [0.1, 0.15) is 23.0 Å². The van der Waals surface area contributed by atoms with Crippen LogP contribution in [0.25, 0.3) is 22.3 Å². The standard InChI is InChI=1S/C28H25BF2N2O6S/c1-32-28(34)25-21-11-20(16-3-4-16)23(12-24(21)39-27(25)17-5-7-19(30)8-6-17)33(40(2,36)37)13-15-9-18-14-38-29(35)26(18)22(31)10-15/h5-12,16,35H,3-4,13-14H2,1-2H3,(H,32,34). The Bertz CT molecular complexity index is 1770. The van der Waals surface area contributed by atoms with E-state index in [0.717, 1.165) is 24.7 Å². The summed E-state index contributed by atoms with van der Waals surface area (Å²) in [7, 11) is -3.73. The molecule has 2 N–H and O–H groups in total. The van der Waals surface area contributed by atoms with Crippen LogP contribution >= 0.6 is 0 Å². The van der Waals surface area contributed by atoms with Crippen molar-refractivity contribution in [2.24, 2.45) is 0 Å². The lowest BCUT2D eigenvalue weighted by atomic mass is 9.78. The molecule has 4 aromatic rings. The summed E-state index contributed by atoms with van der Waals surface area (Å²) in [6.45, 7) is -0.154. The van der Waals surface area contributed by atoms with Gasteiger partial charge in [-0.2, -0.15) is 0 Å². The number of hydrogen-bond donors (Lipinski definition) is 2. The first-order valence-corrected chi connectivity index (χ1v) is 14.6. The van der Waals surface area contributed by atoms with Crippen LogP contribution in [0.3, 0.4) is 0 Å². The van der Waals surface area contributed by atoms with E-state index >= 15 is 0 Å². The van der Waals surface area contributed by atoms with Gasteiger partial charge in [-0.1, -0.05) is 6.07 Å². The fourth-order valence-corrected chi connectivity index (χ4v) is 6.16. The van der Waals surface area contributed by atoms with Gasteiger partial charge in [0, 0.05) is 29.5 Å². The number of fused-ring (bicyclic) bond motifs is 2. The van der Waals surface area contributed by atoms with Gasteiger partial charge in [0.25, 0.3) is 5.91 Å². The molecule has 0 bridgehead atoms. The second-order valence-corrected chi connectivity index (χ2v) is 12.1. The molecule has 1 amide bonds. The van der Waals surface area contributed by atoms with Crippen LogP contribution in [0.2, 0.25) is 0 Å². The predicted molar refractivity (Wildman–Crippen MR) is 147 cm³/mol. The van der Waals surface area contributed by atoms with Crippen molar-refractivity contribution in [1.82, 2.24) is 5.32 Å². The first-order chi connectivity index (χ1) is 19.0. The van der Waals surface area contributed by atoms with Crippen LogP contribution in [0.1, 0.15) is 45.8 Å². The smallest absolute Gasteiger partial charge is 0.455 e. The summed E-state index contributed by atoms with van der Waals surface area (Å²) in [5, 5.41) is 13.0. The molecule has 0 unspecified atom stereocenters. The Hall–Kier alpha value is -3.74. The first kappa shape index (κ1) is 26.5. The molecular formula is C28H25BF2N2O6S. The van der Waals surface area contributed by atoms with Gasteiger partial charge in [0.15, 0.2) is 0 Å². The lowest BCUT2D eigenvalue weighted by molar-refractivity contribution is 0.0964. The Kier molecular flexibility index (Phi) is 6.44. The average molecular weight is 566 g/mol. The topological polar surface area (TPSA) is 109 Å². The highest BCUT2D eigenvalue weighted by Gasteiger charge is 2.35. The highest BCUT2D eigenvalue weighted by molar-refractivity contribution is 7.92. The number of anilines is 1. The van der Waals surface area contributed by atoms with Crippen LogP contribution in [-0.4, -0.2) is 39.8 Å². The number of sulfonamides is 1. The van der Waals surface area contributed by atoms with Gasteiger partial charge in [0.05, 0.1) is 30.7 Å². The van der Waals surface area contributed by atoms with Crippen LogP contribution in [0.5, 0.6) is 0 Å². The molecule has 1 fully saturated rings. The van der Waals surface area contributed by atoms with Gasteiger partial charge in [-0.05, 0) is 71.8 Å². The summed E-state index contributed by atoms with van der Waals surface area (Å²) in [5.41, 5.74) is 3.04. The SMILES string of the molecule is CNC(=O)c1c(-c2ccc(F)cc2)oc2cc(N(Cc3cc(F)c4c(c3)COB4O)S(C)(=O)=O)c(C3CC3)cc12. The third-order valence-electron chi connectivity index (χ3n) is 7.33. The second kappa shape index (κ2) is 9.72. The molecule has 0 radical (unpaired) electrons. The zero-order valence-corrected chi connectivity index (χ0v) is 22.5. The number of rotatable bonds is 7. The van der Waals surface area contributed by atoms with Crippen molar-refractivity contribution in [3.63, 3.8) is 0 Å². The molecule has 8 nitrogen and oxygen atoms in total. The van der Waals surface area contributed by atoms with E-state index in [1.807, 2.05) is 0 Å². The van der Waals surface area contributed by atoms with Crippen molar-refractivity contribution in [1.29, 1.82) is 0 Å². The highest BCUT2D eigenvalue weighted by atomic mass is 32.2. The molecule has 6 rings (SSSR count). The van der Waals surface area contributed by atoms with E-state index in [1.54, 1.807) is 18.2 Å². The third-order valence-corrected chi connectivity index (χ3v) is 8.46. The van der Waals surface area contributed by atoms with Crippen LogP contribution in [0.15, 0.2) is 52.9 Å². The number of nitrogens with one attached hydrogen (secondary N) is 1. The molecule has 3 aromatic carbocycles. The zero-order valence-electron chi connectivity index (χ0n) is 21.7. The molecule has 1 aliphatic carbocycles. The lowest BCUT2D eigenvalue weighted by Crippen LogP contribution is -2.33. The molecule has 1 saturated carbocycles. The summed E-state index contributed by atoms with van der Waals surface area (Å²) < 4.78 is 67.2. The van der Waals surface area contributed by atoms with E-state index in [2.05, 4.69) is 5.32 Å². The molecule has 1 aliphatic heterocycles. The van der Waals surface area contributed by atoms with Crippen molar-refractivity contribution in [3.05, 3.63) is 82.4 Å². The molecule has 12 heteroatoms. The summed E-state index contributed by atoms with van der Waals surface area (Å²) >= 11 is 0. The Morgan fingerprint density at radius 3 is 2.52 bits per heavy atom. The molecule has 40 heavy (non-hydrogen) atoms. The zero-order chi connectivity index (χ0) is 28.3. The summed E-state index contributed by atoms with van der Waals surface area (Å²) in [6, 6.07) is 11.8. The van der Waals surface area contributed by atoms with E-state index in [0.29, 0.717) is 27.8 Å². The predicted octanol–water partition coefficient (Wildman–Crippen LogP) is 3.80. The molecule has 2 aliphatic rings. The number of amides is 1. The molecule has 1 aromatic heterocycles. The van der Waals surface area contributed by atoms with Crippen molar-refractivity contribution in [2.45, 2.75) is 31.9 Å². The van der Waals surface area contributed by atoms with Crippen molar-refractivity contribution >= 4 is 45.2 Å². The first-order valence-electron chi connectivity index (χ1n) is 12.7. The number of nitrogens with zero attached hydrogens (tertiary/aromatic N) is 1. The number of halogens is 2. The number of hydrogen-bond acceptors (Lipinski definition) is 6. The highest BCUT2D eigenvalue weighted by Crippen LogP contribution is 2.48. The maximum Gasteiger partial charge on any atom is 0.494 e. The Labute approximate surface area is 229 Å². The third kappa shape index (κ3) is 4.65. The average Bonchev–Trinajstić information content (AvgIpc) is 3.59.